The van der Waals surface area contributed by atoms with Gasteiger partial charge in [-0.2, -0.15) is 5.10 Å². The molecule has 1 fully saturated rings. The summed E-state index contributed by atoms with van der Waals surface area (Å²) < 4.78 is 37.0. The lowest BCUT2D eigenvalue weighted by Crippen LogP contribution is -2.45. The molecule has 3 heterocycles. The molecule has 2 aromatic carbocycles. The molecule has 1 aliphatic rings. The molecule has 0 unspecified atom stereocenters. The van der Waals surface area contributed by atoms with Crippen molar-refractivity contribution in [3.8, 4) is 16.9 Å². The van der Waals surface area contributed by atoms with Crippen LogP contribution in [0.2, 0.25) is 10.0 Å². The van der Waals surface area contributed by atoms with Crippen LogP contribution in [0, 0.1) is 25.5 Å². The monoisotopic (exact) mass is 550 g/mol. The lowest BCUT2D eigenvalue weighted by Gasteiger charge is -2.38. The van der Waals surface area contributed by atoms with Gasteiger partial charge < -0.3 is 14.9 Å². The Kier molecular flexibility index (Phi) is 6.99. The molecule has 1 aliphatic heterocycles. The van der Waals surface area contributed by atoms with E-state index in [-0.39, 0.29) is 17.7 Å². The molecular weight excluding hydrogens is 529 g/mol. The zero-order valence-electron chi connectivity index (χ0n) is 19.7. The van der Waals surface area contributed by atoms with Crippen LogP contribution in [-0.2, 0) is 4.74 Å². The highest BCUT2D eigenvalue weighted by Gasteiger charge is 2.41. The molecule has 0 spiro atoms. The highest BCUT2D eigenvalue weighted by Crippen LogP contribution is 2.38. The summed E-state index contributed by atoms with van der Waals surface area (Å²) in [5.41, 5.74) is 1.93. The van der Waals surface area contributed by atoms with Crippen molar-refractivity contribution in [3.63, 3.8) is 0 Å². The molecule has 0 aliphatic carbocycles. The summed E-state index contributed by atoms with van der Waals surface area (Å²) in [4.78, 5) is 4.56. The topological polar surface area (TPSA) is 111 Å². The molecule has 4 atom stereocenters. The predicted octanol–water partition coefficient (Wildman–Crippen LogP) is 4.15. The molecule has 4 aromatic rings. The average molecular weight is 551 g/mol. The fourth-order valence-electron chi connectivity index (χ4n) is 4.44. The number of nitrogens with zero attached hydrogens (tertiary/aromatic N) is 6. The van der Waals surface area contributed by atoms with E-state index in [1.165, 1.54) is 10.9 Å². The van der Waals surface area contributed by atoms with E-state index in [2.05, 4.69) is 20.4 Å². The van der Waals surface area contributed by atoms with Gasteiger partial charge in [-0.15, -0.1) is 5.10 Å². The molecule has 1 saturated heterocycles. The van der Waals surface area contributed by atoms with E-state index in [1.807, 2.05) is 13.0 Å². The third-order valence-corrected chi connectivity index (χ3v) is 6.90. The number of ether oxygens (including phenoxy) is 1. The van der Waals surface area contributed by atoms with Crippen LogP contribution in [0.5, 0.6) is 0 Å². The number of halogens is 4. The number of aromatic nitrogens is 6. The minimum Gasteiger partial charge on any atom is -0.394 e. The second-order valence-corrected chi connectivity index (χ2v) is 9.65. The minimum absolute atomic E-state index is 0.134. The van der Waals surface area contributed by atoms with Gasteiger partial charge in [0.15, 0.2) is 5.82 Å². The highest BCUT2D eigenvalue weighted by molar-refractivity contribution is 6.31. The molecule has 0 radical (unpaired) electrons. The summed E-state index contributed by atoms with van der Waals surface area (Å²) >= 11 is 11.8. The third kappa shape index (κ3) is 4.85. The maximum Gasteiger partial charge on any atom is 0.161 e. The summed E-state index contributed by atoms with van der Waals surface area (Å²) in [5.74, 6) is -0.899. The van der Waals surface area contributed by atoms with Gasteiger partial charge in [0.25, 0.3) is 0 Å². The second kappa shape index (κ2) is 10.1. The molecule has 194 valence electrons. The van der Waals surface area contributed by atoms with Crippen molar-refractivity contribution >= 4 is 23.2 Å². The van der Waals surface area contributed by atoms with E-state index in [1.54, 1.807) is 23.7 Å². The van der Waals surface area contributed by atoms with Crippen LogP contribution in [0.3, 0.4) is 0 Å². The van der Waals surface area contributed by atoms with Crippen LogP contribution in [0.4, 0.5) is 8.78 Å². The van der Waals surface area contributed by atoms with E-state index in [0.717, 1.165) is 17.7 Å². The number of hydrogen-bond acceptors (Lipinski definition) is 7. The lowest BCUT2D eigenvalue weighted by atomic mass is 9.95. The van der Waals surface area contributed by atoms with Crippen LogP contribution in [-0.4, -0.2) is 58.8 Å². The second-order valence-electron chi connectivity index (χ2n) is 8.84. The number of aliphatic hydroxyl groups excluding tert-OH is 2. The highest BCUT2D eigenvalue weighted by atomic mass is 35.5. The molecule has 0 amide bonds. The van der Waals surface area contributed by atoms with E-state index in [4.69, 9.17) is 27.9 Å². The van der Waals surface area contributed by atoms with Crippen LogP contribution in [0.15, 0.2) is 36.5 Å². The van der Waals surface area contributed by atoms with Gasteiger partial charge in [-0.05, 0) is 43.7 Å². The lowest BCUT2D eigenvalue weighted by molar-refractivity contribution is -0.161. The third-order valence-electron chi connectivity index (χ3n) is 6.30. The quantitative estimate of drug-likeness (QED) is 0.359. The number of hydrogen-bond donors (Lipinski definition) is 2. The van der Waals surface area contributed by atoms with Crippen molar-refractivity contribution in [2.24, 2.45) is 0 Å². The maximum atomic E-state index is 14.0. The Hall–Kier alpha value is -2.96. The standard InChI is InChI=1S/C24H22Cl2F2N6O3/c1-11-3-4-14(25)7-18(11)34-24(29-12(2)31-34)20-8-19(23(36)21(10-35)37-20)33-9-17(30-32-33)13-5-15(27)22(26)16(28)6-13/h3-7,9,19-21,23,35-36H,8,10H2,1-2H3/t19-,20-,21-,23-/m1/s1. The van der Waals surface area contributed by atoms with Crippen molar-refractivity contribution in [1.29, 1.82) is 0 Å². The zero-order valence-corrected chi connectivity index (χ0v) is 21.2. The SMILES string of the molecule is Cc1nc([C@H]2C[C@@H](n3cc(-c4cc(F)c(Cl)c(F)c4)nn3)[C@@H](O)[C@@H](CO)O2)n(-c2cc(Cl)ccc2C)n1. The number of aliphatic hydroxyl groups is 2. The van der Waals surface area contributed by atoms with E-state index in [0.29, 0.717) is 22.4 Å². The number of rotatable bonds is 5. The Morgan fingerprint density at radius 2 is 1.86 bits per heavy atom. The Morgan fingerprint density at radius 1 is 1.14 bits per heavy atom. The molecule has 0 saturated carbocycles. The molecule has 0 bridgehead atoms. The van der Waals surface area contributed by atoms with E-state index in [9.17, 15) is 19.0 Å². The van der Waals surface area contributed by atoms with Gasteiger partial charge >= 0.3 is 0 Å². The average Bonchev–Trinajstić information content (AvgIpc) is 3.51. The van der Waals surface area contributed by atoms with Crippen LogP contribution < -0.4 is 0 Å². The van der Waals surface area contributed by atoms with Gasteiger partial charge in [0.1, 0.15) is 46.5 Å². The largest absolute Gasteiger partial charge is 0.394 e. The van der Waals surface area contributed by atoms with Gasteiger partial charge in [-0.3, -0.25) is 0 Å². The van der Waals surface area contributed by atoms with E-state index < -0.39 is 47.6 Å². The normalized spacial score (nSPS) is 21.9. The first kappa shape index (κ1) is 25.7. The van der Waals surface area contributed by atoms with Crippen LogP contribution >= 0.6 is 23.2 Å². The van der Waals surface area contributed by atoms with Crippen molar-refractivity contribution in [2.45, 2.75) is 44.6 Å². The predicted molar refractivity (Wildman–Crippen MR) is 131 cm³/mol. The molecule has 13 heteroatoms. The molecule has 2 N–H and O–H groups in total. The molecular formula is C24H22Cl2F2N6O3. The molecule has 9 nitrogen and oxygen atoms in total. The van der Waals surface area contributed by atoms with Gasteiger partial charge in [0.05, 0.1) is 24.5 Å². The van der Waals surface area contributed by atoms with Gasteiger partial charge in [0.2, 0.25) is 0 Å². The fourth-order valence-corrected chi connectivity index (χ4v) is 4.71. The maximum absolute atomic E-state index is 14.0. The van der Waals surface area contributed by atoms with Crippen LogP contribution in [0.1, 0.15) is 35.8 Å². The Bertz CT molecular complexity index is 1440. The Balaban J connectivity index is 1.51. The Morgan fingerprint density at radius 3 is 2.57 bits per heavy atom. The summed E-state index contributed by atoms with van der Waals surface area (Å²) in [6.45, 7) is 3.19. The first-order chi connectivity index (χ1) is 17.7. The minimum atomic E-state index is -1.15. The fraction of sp³-hybridized carbons (Fsp3) is 0.333. The number of aryl methyl sites for hydroxylation is 2. The van der Waals surface area contributed by atoms with Gasteiger partial charge in [0, 0.05) is 17.0 Å². The smallest absolute Gasteiger partial charge is 0.161 e. The summed E-state index contributed by atoms with van der Waals surface area (Å²) in [7, 11) is 0. The first-order valence-electron chi connectivity index (χ1n) is 11.4. The number of benzene rings is 2. The Labute approximate surface area is 220 Å². The summed E-state index contributed by atoms with van der Waals surface area (Å²) in [5, 5.41) is 33.4. The summed E-state index contributed by atoms with van der Waals surface area (Å²) in [6, 6.07) is 6.81. The first-order valence-corrected chi connectivity index (χ1v) is 12.1. The summed E-state index contributed by atoms with van der Waals surface area (Å²) in [6.07, 6.45) is -1.15. The van der Waals surface area contributed by atoms with E-state index >= 15 is 0 Å². The molecule has 5 rings (SSSR count). The zero-order chi connectivity index (χ0) is 26.4. The van der Waals surface area contributed by atoms with Crippen molar-refractivity contribution in [1.82, 2.24) is 29.8 Å². The van der Waals surface area contributed by atoms with Gasteiger partial charge in [-0.1, -0.05) is 34.5 Å². The molecule has 2 aromatic heterocycles. The van der Waals surface area contributed by atoms with Crippen LogP contribution in [0.25, 0.3) is 16.9 Å². The van der Waals surface area contributed by atoms with Crippen molar-refractivity contribution < 1.29 is 23.7 Å². The van der Waals surface area contributed by atoms with Crippen molar-refractivity contribution in [3.05, 3.63) is 75.4 Å². The molecule has 37 heavy (non-hydrogen) atoms. The van der Waals surface area contributed by atoms with Crippen molar-refractivity contribution in [2.75, 3.05) is 6.61 Å². The van der Waals surface area contributed by atoms with Gasteiger partial charge in [-0.25, -0.2) is 23.1 Å².